The van der Waals surface area contributed by atoms with Crippen molar-refractivity contribution in [3.05, 3.63) is 23.8 Å². The van der Waals surface area contributed by atoms with Gasteiger partial charge in [0, 0.05) is 5.54 Å². The summed E-state index contributed by atoms with van der Waals surface area (Å²) >= 11 is 0. The Morgan fingerprint density at radius 1 is 1.24 bits per heavy atom. The monoisotopic (exact) mass is 372 g/mol. The van der Waals surface area contributed by atoms with Crippen LogP contribution in [0, 0.1) is 0 Å². The second-order valence-corrected chi connectivity index (χ2v) is 7.79. The Morgan fingerprint density at radius 2 is 1.88 bits per heavy atom. The Balaban J connectivity index is 2.90. The normalized spacial score (nSPS) is 11.7. The highest BCUT2D eigenvalue weighted by Gasteiger charge is 2.22. The van der Waals surface area contributed by atoms with Gasteiger partial charge in [-0.3, -0.25) is 4.79 Å². The van der Waals surface area contributed by atoms with Crippen LogP contribution in [0.15, 0.2) is 23.1 Å². The number of nitrogens with one attached hydrogen (secondary N) is 2. The van der Waals surface area contributed by atoms with E-state index >= 15 is 0 Å². The quantitative estimate of drug-likeness (QED) is 0.660. The molecular formula is C16H24N2O6S. The van der Waals surface area contributed by atoms with Gasteiger partial charge in [-0.25, -0.2) is 17.9 Å². The highest BCUT2D eigenvalue weighted by Crippen LogP contribution is 2.25. The van der Waals surface area contributed by atoms with Crippen molar-refractivity contribution < 1.29 is 27.5 Å². The van der Waals surface area contributed by atoms with Crippen LogP contribution in [0.3, 0.4) is 0 Å². The number of methoxy groups -OCH3 is 1. The zero-order valence-electron chi connectivity index (χ0n) is 15.0. The summed E-state index contributed by atoms with van der Waals surface area (Å²) in [5.41, 5.74) is -0.408. The summed E-state index contributed by atoms with van der Waals surface area (Å²) in [7, 11) is -1.25. The smallest absolute Gasteiger partial charge is 0.338 e. The summed E-state index contributed by atoms with van der Waals surface area (Å²) in [6.07, 6.45) is 0.719. The Bertz CT molecular complexity index is 743. The number of rotatable bonds is 8. The van der Waals surface area contributed by atoms with Crippen LogP contribution in [-0.2, 0) is 19.6 Å². The molecule has 2 N–H and O–H groups in total. The van der Waals surface area contributed by atoms with Gasteiger partial charge in [-0.1, -0.05) is 6.92 Å². The average Bonchev–Trinajstić information content (AvgIpc) is 2.58. The van der Waals surface area contributed by atoms with Gasteiger partial charge in [-0.15, -0.1) is 0 Å². The van der Waals surface area contributed by atoms with Gasteiger partial charge in [0.2, 0.25) is 10.0 Å². The Labute approximate surface area is 147 Å². The first-order valence-corrected chi connectivity index (χ1v) is 9.14. The van der Waals surface area contributed by atoms with E-state index in [2.05, 4.69) is 10.0 Å². The summed E-state index contributed by atoms with van der Waals surface area (Å²) in [5, 5.41) is 2.73. The number of carbonyl (C=O) groups is 2. The van der Waals surface area contributed by atoms with Gasteiger partial charge in [0.05, 0.1) is 12.7 Å². The second kappa shape index (κ2) is 8.30. The van der Waals surface area contributed by atoms with Gasteiger partial charge in [0.25, 0.3) is 5.91 Å². The van der Waals surface area contributed by atoms with E-state index in [1.165, 1.54) is 26.3 Å². The largest absolute Gasteiger partial charge is 0.495 e. The fourth-order valence-electron chi connectivity index (χ4n) is 1.84. The number of hydrogen-bond acceptors (Lipinski definition) is 6. The van der Waals surface area contributed by atoms with Crippen molar-refractivity contribution in [2.75, 3.05) is 20.8 Å². The van der Waals surface area contributed by atoms with Crippen LogP contribution in [0.25, 0.3) is 0 Å². The van der Waals surface area contributed by atoms with Crippen molar-refractivity contribution in [2.24, 2.45) is 0 Å². The minimum absolute atomic E-state index is 0.00261. The minimum Gasteiger partial charge on any atom is -0.495 e. The summed E-state index contributed by atoms with van der Waals surface area (Å²) in [6.45, 7) is 5.17. The number of amides is 1. The fourth-order valence-corrected chi connectivity index (χ4v) is 2.76. The topological polar surface area (TPSA) is 111 Å². The third kappa shape index (κ3) is 5.71. The van der Waals surface area contributed by atoms with Crippen LogP contribution in [0.5, 0.6) is 5.75 Å². The molecule has 0 radical (unpaired) electrons. The molecule has 9 heteroatoms. The van der Waals surface area contributed by atoms with E-state index in [4.69, 9.17) is 9.47 Å². The molecule has 1 aromatic rings. The van der Waals surface area contributed by atoms with Crippen molar-refractivity contribution in [1.29, 1.82) is 0 Å². The molecule has 0 unspecified atom stereocenters. The molecule has 0 aliphatic heterocycles. The van der Waals surface area contributed by atoms with Gasteiger partial charge in [0.15, 0.2) is 6.61 Å². The number of esters is 1. The van der Waals surface area contributed by atoms with Crippen LogP contribution in [0.4, 0.5) is 0 Å². The van der Waals surface area contributed by atoms with Crippen molar-refractivity contribution in [2.45, 2.75) is 37.6 Å². The van der Waals surface area contributed by atoms with Crippen LogP contribution < -0.4 is 14.8 Å². The summed E-state index contributed by atoms with van der Waals surface area (Å²) in [5.74, 6) is -1.15. The SMILES string of the molecule is CCC(C)(C)NC(=O)COC(=O)c1ccc(OC)c(S(=O)(=O)NC)c1. The van der Waals surface area contributed by atoms with Crippen molar-refractivity contribution in [3.8, 4) is 5.75 Å². The number of sulfonamides is 1. The number of hydrogen-bond donors (Lipinski definition) is 2. The highest BCUT2D eigenvalue weighted by molar-refractivity contribution is 7.89. The van der Waals surface area contributed by atoms with Crippen LogP contribution >= 0.6 is 0 Å². The summed E-state index contributed by atoms with van der Waals surface area (Å²) in [4.78, 5) is 23.7. The molecule has 8 nitrogen and oxygen atoms in total. The van der Waals surface area contributed by atoms with Crippen molar-refractivity contribution in [3.63, 3.8) is 0 Å². The van der Waals surface area contributed by atoms with Gasteiger partial charge in [0.1, 0.15) is 10.6 Å². The van der Waals surface area contributed by atoms with Gasteiger partial charge in [-0.05, 0) is 45.5 Å². The van der Waals surface area contributed by atoms with E-state index in [0.29, 0.717) is 0 Å². The summed E-state index contributed by atoms with van der Waals surface area (Å²) < 4.78 is 36.1. The number of benzene rings is 1. The van der Waals surface area contributed by atoms with E-state index in [-0.39, 0.29) is 16.2 Å². The zero-order chi connectivity index (χ0) is 19.3. The lowest BCUT2D eigenvalue weighted by Gasteiger charge is -2.24. The molecular weight excluding hydrogens is 348 g/mol. The maximum absolute atomic E-state index is 12.1. The van der Waals surface area contributed by atoms with E-state index < -0.39 is 34.0 Å². The molecule has 1 aromatic carbocycles. The third-order valence-electron chi connectivity index (χ3n) is 3.65. The predicted octanol–water partition coefficient (Wildman–Crippen LogP) is 1.06. The molecule has 1 amide bonds. The molecule has 0 aliphatic carbocycles. The molecule has 0 atom stereocenters. The standard InChI is InChI=1S/C16H24N2O6S/c1-6-16(2,3)18-14(19)10-24-15(20)11-7-8-12(23-5)13(9-11)25(21,22)17-4/h7-9,17H,6,10H2,1-5H3,(H,18,19). The first-order chi connectivity index (χ1) is 11.6. The van der Waals surface area contributed by atoms with Crippen molar-refractivity contribution in [1.82, 2.24) is 10.0 Å². The third-order valence-corrected chi connectivity index (χ3v) is 5.09. The van der Waals surface area contributed by atoms with E-state index in [1.807, 2.05) is 20.8 Å². The number of ether oxygens (including phenoxy) is 2. The molecule has 0 saturated heterocycles. The maximum Gasteiger partial charge on any atom is 0.338 e. The van der Waals surface area contributed by atoms with Gasteiger partial charge >= 0.3 is 5.97 Å². The van der Waals surface area contributed by atoms with E-state index in [9.17, 15) is 18.0 Å². The second-order valence-electron chi connectivity index (χ2n) is 5.93. The number of carbonyl (C=O) groups excluding carboxylic acids is 2. The molecule has 25 heavy (non-hydrogen) atoms. The molecule has 0 bridgehead atoms. The van der Waals surface area contributed by atoms with Gasteiger partial charge < -0.3 is 14.8 Å². The molecule has 140 valence electrons. The lowest BCUT2D eigenvalue weighted by molar-refractivity contribution is -0.125. The van der Waals surface area contributed by atoms with Gasteiger partial charge in [-0.2, -0.15) is 0 Å². The Kier molecular flexibility index (Phi) is 6.95. The highest BCUT2D eigenvalue weighted by atomic mass is 32.2. The molecule has 0 spiro atoms. The predicted molar refractivity (Wildman–Crippen MR) is 92.0 cm³/mol. The lowest BCUT2D eigenvalue weighted by Crippen LogP contribution is -2.44. The molecule has 0 aromatic heterocycles. The van der Waals surface area contributed by atoms with E-state index in [0.717, 1.165) is 12.5 Å². The molecule has 0 saturated carbocycles. The lowest BCUT2D eigenvalue weighted by atomic mass is 10.0. The van der Waals surface area contributed by atoms with E-state index in [1.54, 1.807) is 0 Å². The first kappa shape index (κ1) is 20.9. The zero-order valence-corrected chi connectivity index (χ0v) is 15.8. The minimum atomic E-state index is -3.82. The molecule has 0 heterocycles. The maximum atomic E-state index is 12.1. The van der Waals surface area contributed by atoms with Crippen LogP contribution in [0.1, 0.15) is 37.6 Å². The van der Waals surface area contributed by atoms with Crippen LogP contribution in [0.2, 0.25) is 0 Å². The first-order valence-electron chi connectivity index (χ1n) is 7.66. The molecule has 0 aliphatic rings. The molecule has 0 fully saturated rings. The van der Waals surface area contributed by atoms with Crippen LogP contribution in [-0.4, -0.2) is 46.6 Å². The van der Waals surface area contributed by atoms with Crippen molar-refractivity contribution >= 4 is 21.9 Å². The summed E-state index contributed by atoms with van der Waals surface area (Å²) in [6, 6.07) is 3.85. The Hall–Kier alpha value is -2.13. The fraction of sp³-hybridized carbons (Fsp3) is 0.500. The molecule has 1 rings (SSSR count). The average molecular weight is 372 g/mol. The Morgan fingerprint density at radius 3 is 2.40 bits per heavy atom.